The van der Waals surface area contributed by atoms with E-state index < -0.39 is 28.5 Å². The van der Waals surface area contributed by atoms with Crippen molar-refractivity contribution in [2.45, 2.75) is 57.1 Å². The molecule has 47 heavy (non-hydrogen) atoms. The highest BCUT2D eigenvalue weighted by molar-refractivity contribution is 7.92. The number of amides is 2. The second-order valence-electron chi connectivity index (χ2n) is 11.0. The lowest BCUT2D eigenvalue weighted by Crippen LogP contribution is -2.54. The summed E-state index contributed by atoms with van der Waals surface area (Å²) in [5.41, 5.74) is 1.65. The first-order valence-electron chi connectivity index (χ1n) is 15.4. The maximum Gasteiger partial charge on any atom is 0.264 e. The number of benzene rings is 4. The monoisotopic (exact) mass is 695 g/mol. The number of carbonyl (C=O) groups is 2. The highest BCUT2D eigenvalue weighted by Crippen LogP contribution is 2.33. The Morgan fingerprint density at radius 1 is 0.830 bits per heavy atom. The number of hydrogen-bond donors (Lipinski definition) is 1. The molecule has 0 aliphatic rings. The molecule has 248 valence electrons. The normalized spacial score (nSPS) is 12.5. The van der Waals surface area contributed by atoms with Gasteiger partial charge in [-0.15, -0.1) is 0 Å². The van der Waals surface area contributed by atoms with Gasteiger partial charge in [0.1, 0.15) is 18.3 Å². The van der Waals surface area contributed by atoms with Crippen molar-refractivity contribution >= 4 is 50.7 Å². The van der Waals surface area contributed by atoms with Crippen LogP contribution in [-0.2, 0) is 32.6 Å². The van der Waals surface area contributed by atoms with Crippen molar-refractivity contribution in [1.29, 1.82) is 0 Å². The molecule has 0 fully saturated rings. The Balaban J connectivity index is 1.85. The SMILES string of the molecule is CCOc1ccccc1N(CC(=O)N(Cc1ccc(Cl)c(Cl)c1)C(Cc1ccccc1)C(=O)NC(C)CC)S(=O)(=O)c1ccccc1. The van der Waals surface area contributed by atoms with E-state index in [2.05, 4.69) is 5.32 Å². The molecule has 0 aliphatic carbocycles. The average molecular weight is 697 g/mol. The van der Waals surface area contributed by atoms with E-state index in [0.717, 1.165) is 9.87 Å². The van der Waals surface area contributed by atoms with Gasteiger partial charge in [-0.2, -0.15) is 0 Å². The van der Waals surface area contributed by atoms with Gasteiger partial charge in [-0.1, -0.05) is 96.9 Å². The molecular formula is C36H39Cl2N3O5S. The first kappa shape index (κ1) is 35.8. The standard InChI is InChI=1S/C36H39Cl2N3O5S/c1-4-26(3)39-36(43)33(23-27-14-8-6-9-15-27)40(24-28-20-21-30(37)31(38)22-28)35(42)25-41(32-18-12-13-19-34(32)46-5-2)47(44,45)29-16-10-7-11-17-29/h6-22,26,33H,4-5,23-25H2,1-3H3,(H,39,43). The van der Waals surface area contributed by atoms with E-state index in [1.807, 2.05) is 44.2 Å². The molecular weight excluding hydrogens is 657 g/mol. The van der Waals surface area contributed by atoms with Gasteiger partial charge in [0.2, 0.25) is 11.8 Å². The van der Waals surface area contributed by atoms with Gasteiger partial charge >= 0.3 is 0 Å². The van der Waals surface area contributed by atoms with Crippen LogP contribution in [0.25, 0.3) is 0 Å². The molecule has 0 spiro atoms. The first-order valence-corrected chi connectivity index (χ1v) is 17.6. The summed E-state index contributed by atoms with van der Waals surface area (Å²) < 4.78 is 35.4. The summed E-state index contributed by atoms with van der Waals surface area (Å²) in [5.74, 6) is -0.653. The van der Waals surface area contributed by atoms with E-state index in [0.29, 0.717) is 27.8 Å². The fourth-order valence-corrected chi connectivity index (χ4v) is 6.77. The molecule has 2 atom stereocenters. The summed E-state index contributed by atoms with van der Waals surface area (Å²) in [6, 6.07) is 27.8. The van der Waals surface area contributed by atoms with Crippen LogP contribution in [0, 0.1) is 0 Å². The summed E-state index contributed by atoms with van der Waals surface area (Å²) in [5, 5.41) is 3.66. The molecule has 0 heterocycles. The van der Waals surface area contributed by atoms with Crippen LogP contribution in [0.1, 0.15) is 38.3 Å². The van der Waals surface area contributed by atoms with E-state index in [1.54, 1.807) is 67.6 Å². The zero-order chi connectivity index (χ0) is 34.0. The number of hydrogen-bond acceptors (Lipinski definition) is 5. The highest BCUT2D eigenvalue weighted by Gasteiger charge is 2.35. The predicted octanol–water partition coefficient (Wildman–Crippen LogP) is 7.14. The first-order chi connectivity index (χ1) is 22.5. The molecule has 4 aromatic carbocycles. The van der Waals surface area contributed by atoms with Crippen molar-refractivity contribution in [3.63, 3.8) is 0 Å². The summed E-state index contributed by atoms with van der Waals surface area (Å²) >= 11 is 12.6. The van der Waals surface area contributed by atoms with Crippen molar-refractivity contribution < 1.29 is 22.7 Å². The number of carbonyl (C=O) groups excluding carboxylic acids is 2. The van der Waals surface area contributed by atoms with E-state index in [-0.39, 0.29) is 42.1 Å². The molecule has 0 saturated heterocycles. The average Bonchev–Trinajstić information content (AvgIpc) is 3.08. The lowest BCUT2D eigenvalue weighted by Gasteiger charge is -2.34. The van der Waals surface area contributed by atoms with Crippen molar-refractivity contribution in [3.05, 3.63) is 124 Å². The largest absolute Gasteiger partial charge is 0.492 e. The predicted molar refractivity (Wildman–Crippen MR) is 187 cm³/mol. The highest BCUT2D eigenvalue weighted by atomic mass is 35.5. The van der Waals surface area contributed by atoms with Crippen LogP contribution >= 0.6 is 23.2 Å². The van der Waals surface area contributed by atoms with Crippen LogP contribution in [0.4, 0.5) is 5.69 Å². The minimum atomic E-state index is -4.27. The van der Waals surface area contributed by atoms with E-state index in [9.17, 15) is 18.0 Å². The number of halogens is 2. The van der Waals surface area contributed by atoms with Gasteiger partial charge in [0, 0.05) is 19.0 Å². The Labute approximate surface area is 287 Å². The second kappa shape index (κ2) is 16.7. The lowest BCUT2D eigenvalue weighted by molar-refractivity contribution is -0.140. The van der Waals surface area contributed by atoms with Crippen LogP contribution in [0.3, 0.4) is 0 Å². The number of nitrogens with zero attached hydrogens (tertiary/aromatic N) is 2. The fourth-order valence-electron chi connectivity index (χ4n) is 5.00. The van der Waals surface area contributed by atoms with Crippen LogP contribution in [0.15, 0.2) is 108 Å². The molecule has 4 aromatic rings. The van der Waals surface area contributed by atoms with E-state index in [1.165, 1.54) is 17.0 Å². The van der Waals surface area contributed by atoms with Crippen molar-refractivity contribution in [2.24, 2.45) is 0 Å². The number of para-hydroxylation sites is 2. The van der Waals surface area contributed by atoms with Gasteiger partial charge in [0.15, 0.2) is 0 Å². The van der Waals surface area contributed by atoms with Crippen molar-refractivity contribution in [1.82, 2.24) is 10.2 Å². The van der Waals surface area contributed by atoms with Gasteiger partial charge in [0.25, 0.3) is 10.0 Å². The smallest absolute Gasteiger partial charge is 0.264 e. The van der Waals surface area contributed by atoms with Crippen LogP contribution in [0.2, 0.25) is 10.0 Å². The Hall–Kier alpha value is -4.05. The third kappa shape index (κ3) is 9.28. The molecule has 4 rings (SSSR count). The maximum absolute atomic E-state index is 14.7. The van der Waals surface area contributed by atoms with E-state index in [4.69, 9.17) is 27.9 Å². The summed E-state index contributed by atoms with van der Waals surface area (Å²) in [7, 11) is -4.27. The van der Waals surface area contributed by atoms with Crippen LogP contribution < -0.4 is 14.4 Å². The number of rotatable bonds is 15. The van der Waals surface area contributed by atoms with Crippen molar-refractivity contribution in [2.75, 3.05) is 17.5 Å². The van der Waals surface area contributed by atoms with E-state index >= 15 is 0 Å². The molecule has 0 aliphatic heterocycles. The minimum Gasteiger partial charge on any atom is -0.492 e. The zero-order valence-corrected chi connectivity index (χ0v) is 28.9. The second-order valence-corrected chi connectivity index (χ2v) is 13.7. The Kier molecular flexibility index (Phi) is 12.7. The molecule has 11 heteroatoms. The molecule has 0 bridgehead atoms. The van der Waals surface area contributed by atoms with Gasteiger partial charge in [-0.25, -0.2) is 8.42 Å². The quantitative estimate of drug-likeness (QED) is 0.143. The molecule has 2 unspecified atom stereocenters. The molecule has 0 radical (unpaired) electrons. The third-order valence-electron chi connectivity index (χ3n) is 7.65. The lowest BCUT2D eigenvalue weighted by atomic mass is 10.0. The molecule has 2 amide bonds. The number of anilines is 1. The molecule has 0 saturated carbocycles. The summed E-state index contributed by atoms with van der Waals surface area (Å²) in [6.45, 7) is 5.28. The number of ether oxygens (including phenoxy) is 1. The molecule has 0 aromatic heterocycles. The Morgan fingerprint density at radius 3 is 2.11 bits per heavy atom. The Morgan fingerprint density at radius 2 is 1.47 bits per heavy atom. The Bertz CT molecular complexity index is 1760. The molecule has 1 N–H and O–H groups in total. The molecule has 8 nitrogen and oxygen atoms in total. The van der Waals surface area contributed by atoms with Crippen molar-refractivity contribution in [3.8, 4) is 5.75 Å². The van der Waals surface area contributed by atoms with Gasteiger partial charge in [-0.05, 0) is 67.8 Å². The number of sulfonamides is 1. The van der Waals surface area contributed by atoms with Gasteiger partial charge in [0.05, 0.1) is 27.2 Å². The summed E-state index contributed by atoms with van der Waals surface area (Å²) in [4.78, 5) is 30.1. The topological polar surface area (TPSA) is 96.0 Å². The summed E-state index contributed by atoms with van der Waals surface area (Å²) in [6.07, 6.45) is 0.874. The van der Waals surface area contributed by atoms with Crippen LogP contribution in [0.5, 0.6) is 5.75 Å². The third-order valence-corrected chi connectivity index (χ3v) is 10.2. The van der Waals surface area contributed by atoms with Gasteiger partial charge < -0.3 is 15.0 Å². The number of nitrogens with one attached hydrogen (secondary N) is 1. The maximum atomic E-state index is 14.7. The van der Waals surface area contributed by atoms with Crippen LogP contribution in [-0.4, -0.2) is 50.4 Å². The zero-order valence-electron chi connectivity index (χ0n) is 26.6. The minimum absolute atomic E-state index is 0.00508. The fraction of sp³-hybridized carbons (Fsp3) is 0.278. The van der Waals surface area contributed by atoms with Gasteiger partial charge in [-0.3, -0.25) is 13.9 Å².